The van der Waals surface area contributed by atoms with Crippen molar-refractivity contribution >= 4 is 0 Å². The molecule has 3 aromatic rings. The molecule has 6 nitrogen and oxygen atoms in total. The van der Waals surface area contributed by atoms with Gasteiger partial charge in [0.05, 0.1) is 22.9 Å². The Hall–Kier alpha value is -3.97. The Morgan fingerprint density at radius 1 is 1.19 bits per heavy atom. The van der Waals surface area contributed by atoms with Crippen LogP contribution in [0, 0.1) is 35.4 Å². The highest BCUT2D eigenvalue weighted by atomic mass is 19.1. The number of rotatable bonds is 4. The molecule has 132 valence electrons. The summed E-state index contributed by atoms with van der Waals surface area (Å²) in [6.45, 7) is 1.63. The Labute approximate surface area is 154 Å². The predicted octanol–water partition coefficient (Wildman–Crippen LogP) is 3.34. The number of halogens is 1. The van der Waals surface area contributed by atoms with Crippen molar-refractivity contribution in [1.29, 1.82) is 10.5 Å². The fourth-order valence-corrected chi connectivity index (χ4v) is 2.51. The minimum Gasteiger partial charge on any atom is -0.453 e. The second-order valence-corrected chi connectivity index (χ2v) is 5.82. The summed E-state index contributed by atoms with van der Waals surface area (Å²) in [5.41, 5.74) is 1.30. The molecular formula is C20H13FN4O2. The molecule has 0 aliphatic carbocycles. The third-order valence-electron chi connectivity index (χ3n) is 3.89. The smallest absolute Gasteiger partial charge is 0.267 e. The van der Waals surface area contributed by atoms with Gasteiger partial charge in [0.25, 0.3) is 5.56 Å². The first-order valence-corrected chi connectivity index (χ1v) is 7.96. The first-order chi connectivity index (χ1) is 13.0. The molecule has 27 heavy (non-hydrogen) atoms. The molecule has 0 unspecified atom stereocenters. The lowest BCUT2D eigenvalue weighted by Gasteiger charge is -2.12. The van der Waals surface area contributed by atoms with Gasteiger partial charge < -0.3 is 4.74 Å². The summed E-state index contributed by atoms with van der Waals surface area (Å²) >= 11 is 0. The van der Waals surface area contributed by atoms with E-state index in [1.807, 2.05) is 12.1 Å². The molecule has 1 N–H and O–H groups in total. The summed E-state index contributed by atoms with van der Waals surface area (Å²) in [4.78, 5) is 11.4. The highest BCUT2D eigenvalue weighted by molar-refractivity contribution is 5.50. The minimum atomic E-state index is -0.693. The van der Waals surface area contributed by atoms with Crippen LogP contribution in [0.2, 0.25) is 0 Å². The Bertz CT molecular complexity index is 1160. The molecule has 0 atom stereocenters. The third kappa shape index (κ3) is 3.83. The van der Waals surface area contributed by atoms with Crippen LogP contribution in [0.25, 0.3) is 0 Å². The summed E-state index contributed by atoms with van der Waals surface area (Å²) in [7, 11) is 0. The van der Waals surface area contributed by atoms with Crippen molar-refractivity contribution in [2.75, 3.05) is 0 Å². The van der Waals surface area contributed by atoms with Crippen LogP contribution in [-0.4, -0.2) is 10.2 Å². The largest absolute Gasteiger partial charge is 0.453 e. The van der Waals surface area contributed by atoms with Crippen LogP contribution in [0.15, 0.2) is 47.3 Å². The van der Waals surface area contributed by atoms with E-state index in [4.69, 9.17) is 10.00 Å². The van der Waals surface area contributed by atoms with E-state index in [1.54, 1.807) is 31.2 Å². The lowest BCUT2D eigenvalue weighted by molar-refractivity contribution is 0.437. The first kappa shape index (κ1) is 17.8. The highest BCUT2D eigenvalue weighted by Crippen LogP contribution is 2.31. The summed E-state index contributed by atoms with van der Waals surface area (Å²) in [6, 6.07) is 14.6. The topological polar surface area (TPSA) is 103 Å². The van der Waals surface area contributed by atoms with Crippen molar-refractivity contribution in [1.82, 2.24) is 10.2 Å². The fraction of sp³-hybridized carbons (Fsp3) is 0.100. The molecule has 7 heteroatoms. The van der Waals surface area contributed by atoms with Crippen LogP contribution in [0.4, 0.5) is 4.39 Å². The van der Waals surface area contributed by atoms with E-state index in [0.717, 1.165) is 0 Å². The molecule has 0 saturated heterocycles. The standard InChI is InChI=1S/C20H13FN4O2/c1-12-7-16(24-25-20(12)26)9-14-5-6-15(11-23)19(18(14)21)27-17-4-2-3-13(8-17)10-22/h2-8H,9H2,1H3,(H,25,26). The minimum absolute atomic E-state index is 0.0317. The zero-order valence-electron chi connectivity index (χ0n) is 14.3. The number of nitriles is 2. The van der Waals surface area contributed by atoms with Crippen LogP contribution in [0.5, 0.6) is 11.5 Å². The summed E-state index contributed by atoms with van der Waals surface area (Å²) < 4.78 is 20.6. The fourth-order valence-electron chi connectivity index (χ4n) is 2.51. The van der Waals surface area contributed by atoms with Crippen molar-refractivity contribution in [2.24, 2.45) is 0 Å². The van der Waals surface area contributed by atoms with Gasteiger partial charge in [-0.15, -0.1) is 0 Å². The normalized spacial score (nSPS) is 10.1. The van der Waals surface area contributed by atoms with Gasteiger partial charge in [-0.05, 0) is 42.8 Å². The van der Waals surface area contributed by atoms with Gasteiger partial charge in [0.1, 0.15) is 11.8 Å². The number of hydrogen-bond acceptors (Lipinski definition) is 5. The number of hydrogen-bond donors (Lipinski definition) is 1. The van der Waals surface area contributed by atoms with Crippen molar-refractivity contribution in [2.45, 2.75) is 13.3 Å². The van der Waals surface area contributed by atoms with Gasteiger partial charge in [0.15, 0.2) is 11.6 Å². The van der Waals surface area contributed by atoms with Gasteiger partial charge in [-0.2, -0.15) is 15.6 Å². The molecule has 0 amide bonds. The maximum atomic E-state index is 15.0. The second kappa shape index (κ2) is 7.51. The maximum absolute atomic E-state index is 15.0. The second-order valence-electron chi connectivity index (χ2n) is 5.82. The van der Waals surface area contributed by atoms with Crippen LogP contribution >= 0.6 is 0 Å². The Morgan fingerprint density at radius 3 is 2.70 bits per heavy atom. The van der Waals surface area contributed by atoms with E-state index in [0.29, 0.717) is 16.8 Å². The predicted molar refractivity (Wildman–Crippen MR) is 94.7 cm³/mol. The Kier molecular flexibility index (Phi) is 4.96. The zero-order chi connectivity index (χ0) is 19.4. The molecule has 2 aromatic carbocycles. The molecule has 0 radical (unpaired) electrons. The summed E-state index contributed by atoms with van der Waals surface area (Å²) in [5.74, 6) is -0.659. The molecule has 3 rings (SSSR count). The number of aromatic amines is 1. The monoisotopic (exact) mass is 360 g/mol. The highest BCUT2D eigenvalue weighted by Gasteiger charge is 2.17. The van der Waals surface area contributed by atoms with Crippen LogP contribution < -0.4 is 10.3 Å². The molecule has 0 aliphatic rings. The number of nitrogens with zero attached hydrogens (tertiary/aromatic N) is 3. The number of benzene rings is 2. The van der Waals surface area contributed by atoms with E-state index < -0.39 is 5.82 Å². The third-order valence-corrected chi connectivity index (χ3v) is 3.89. The molecule has 0 bridgehead atoms. The SMILES string of the molecule is Cc1cc(Cc2ccc(C#N)c(Oc3cccc(C#N)c3)c2F)n[nH]c1=O. The number of aromatic nitrogens is 2. The molecule has 0 aliphatic heterocycles. The average molecular weight is 360 g/mol. The van der Waals surface area contributed by atoms with Crippen molar-refractivity contribution in [3.05, 3.63) is 86.6 Å². The lowest BCUT2D eigenvalue weighted by atomic mass is 10.0. The molecule has 0 saturated carbocycles. The van der Waals surface area contributed by atoms with E-state index in [9.17, 15) is 10.1 Å². The first-order valence-electron chi connectivity index (χ1n) is 7.96. The molecule has 1 heterocycles. The van der Waals surface area contributed by atoms with Gasteiger partial charge in [-0.1, -0.05) is 12.1 Å². The molecule has 0 fully saturated rings. The van der Waals surface area contributed by atoms with Gasteiger partial charge in [0.2, 0.25) is 0 Å². The number of H-pyrrole nitrogens is 1. The van der Waals surface area contributed by atoms with E-state index in [2.05, 4.69) is 10.2 Å². The number of ether oxygens (including phenoxy) is 1. The van der Waals surface area contributed by atoms with E-state index in [-0.39, 0.29) is 34.6 Å². The number of nitrogens with one attached hydrogen (secondary N) is 1. The maximum Gasteiger partial charge on any atom is 0.267 e. The average Bonchev–Trinajstić information content (AvgIpc) is 2.68. The van der Waals surface area contributed by atoms with Crippen LogP contribution in [-0.2, 0) is 6.42 Å². The van der Waals surface area contributed by atoms with Gasteiger partial charge in [-0.3, -0.25) is 4.79 Å². The lowest BCUT2D eigenvalue weighted by Crippen LogP contribution is -2.13. The van der Waals surface area contributed by atoms with Crippen molar-refractivity contribution in [3.63, 3.8) is 0 Å². The summed E-state index contributed by atoms with van der Waals surface area (Å²) in [6.07, 6.45) is 0.115. The summed E-state index contributed by atoms with van der Waals surface area (Å²) in [5, 5.41) is 24.5. The Morgan fingerprint density at radius 2 is 2.00 bits per heavy atom. The molecule has 1 aromatic heterocycles. The molecular weight excluding hydrogens is 347 g/mol. The van der Waals surface area contributed by atoms with E-state index in [1.165, 1.54) is 18.2 Å². The Balaban J connectivity index is 1.99. The van der Waals surface area contributed by atoms with Crippen LogP contribution in [0.1, 0.15) is 27.9 Å². The van der Waals surface area contributed by atoms with Gasteiger partial charge in [0, 0.05) is 12.0 Å². The van der Waals surface area contributed by atoms with Crippen molar-refractivity contribution < 1.29 is 9.13 Å². The van der Waals surface area contributed by atoms with E-state index >= 15 is 4.39 Å². The zero-order valence-corrected chi connectivity index (χ0v) is 14.3. The van der Waals surface area contributed by atoms with Gasteiger partial charge >= 0.3 is 0 Å². The number of aryl methyl sites for hydroxylation is 1. The van der Waals surface area contributed by atoms with Crippen molar-refractivity contribution in [3.8, 4) is 23.6 Å². The van der Waals surface area contributed by atoms with Gasteiger partial charge in [-0.25, -0.2) is 9.49 Å². The quantitative estimate of drug-likeness (QED) is 0.769. The molecule has 0 spiro atoms. The van der Waals surface area contributed by atoms with Crippen LogP contribution in [0.3, 0.4) is 0 Å².